The molecular weight excluding hydrogens is 250 g/mol. The third-order valence-electron chi connectivity index (χ3n) is 2.82. The summed E-state index contributed by atoms with van der Waals surface area (Å²) < 4.78 is 4.61. The number of methoxy groups -OCH3 is 1. The average Bonchev–Trinajstić information content (AvgIpc) is 2.99. The van der Waals surface area contributed by atoms with Crippen molar-refractivity contribution in [1.82, 2.24) is 0 Å². The number of anilines is 1. The van der Waals surface area contributed by atoms with Gasteiger partial charge in [0.15, 0.2) is 0 Å². The fourth-order valence-electron chi connectivity index (χ4n) is 1.91. The summed E-state index contributed by atoms with van der Waals surface area (Å²) in [5.41, 5.74) is 0. The molecule has 18 heavy (non-hydrogen) atoms. The number of nitrogens with one attached hydrogen (secondary N) is 1. The Hall–Kier alpha value is -1.62. The first-order valence-corrected chi connectivity index (χ1v) is 6.65. The molecule has 1 heterocycles. The van der Waals surface area contributed by atoms with Gasteiger partial charge in [0.2, 0.25) is 5.91 Å². The number of thiophene rings is 1. The summed E-state index contributed by atoms with van der Waals surface area (Å²) in [5, 5.41) is 3.49. The van der Waals surface area contributed by atoms with Crippen molar-refractivity contribution >= 4 is 28.2 Å². The van der Waals surface area contributed by atoms with Crippen LogP contribution in [0.15, 0.2) is 24.3 Å². The standard InChI is InChI=1S/C13H15NO3S/c1-17-13(16)10-6-7-12(18-10)14-11(15)8-9-4-2-3-5-9/h2,4,6-7,9H,3,5,8H2,1H3,(H,14,15)/t9-/m1/s1. The highest BCUT2D eigenvalue weighted by Crippen LogP contribution is 2.24. The van der Waals surface area contributed by atoms with E-state index in [0.29, 0.717) is 22.2 Å². The lowest BCUT2D eigenvalue weighted by Gasteiger charge is -2.06. The molecule has 0 saturated heterocycles. The lowest BCUT2D eigenvalue weighted by atomic mass is 10.1. The molecule has 1 aromatic rings. The summed E-state index contributed by atoms with van der Waals surface area (Å²) in [6.45, 7) is 0. The van der Waals surface area contributed by atoms with E-state index in [-0.39, 0.29) is 11.9 Å². The van der Waals surface area contributed by atoms with E-state index < -0.39 is 0 Å². The topological polar surface area (TPSA) is 55.4 Å². The Morgan fingerprint density at radius 1 is 1.50 bits per heavy atom. The van der Waals surface area contributed by atoms with Gasteiger partial charge in [0.05, 0.1) is 12.1 Å². The van der Waals surface area contributed by atoms with Gasteiger partial charge in [-0.1, -0.05) is 12.2 Å². The fourth-order valence-corrected chi connectivity index (χ4v) is 2.75. The molecule has 1 amide bonds. The molecule has 96 valence electrons. The van der Waals surface area contributed by atoms with E-state index in [9.17, 15) is 9.59 Å². The van der Waals surface area contributed by atoms with E-state index in [2.05, 4.69) is 22.2 Å². The van der Waals surface area contributed by atoms with Gasteiger partial charge < -0.3 is 10.1 Å². The van der Waals surface area contributed by atoms with Gasteiger partial charge in [-0.25, -0.2) is 4.79 Å². The van der Waals surface area contributed by atoms with Crippen LogP contribution in [0.5, 0.6) is 0 Å². The molecule has 0 aromatic carbocycles. The molecule has 1 aliphatic rings. The second-order valence-electron chi connectivity index (χ2n) is 4.17. The Balaban J connectivity index is 1.88. The summed E-state index contributed by atoms with van der Waals surface area (Å²) in [4.78, 5) is 23.5. The van der Waals surface area contributed by atoms with Crippen molar-refractivity contribution < 1.29 is 14.3 Å². The van der Waals surface area contributed by atoms with Crippen LogP contribution in [0.1, 0.15) is 28.9 Å². The van der Waals surface area contributed by atoms with Gasteiger partial charge in [0, 0.05) is 6.42 Å². The van der Waals surface area contributed by atoms with Gasteiger partial charge in [-0.05, 0) is 30.9 Å². The third-order valence-corrected chi connectivity index (χ3v) is 3.80. The quantitative estimate of drug-likeness (QED) is 0.672. The predicted octanol–water partition coefficient (Wildman–Crippen LogP) is 2.83. The van der Waals surface area contributed by atoms with Crippen LogP contribution in [0.3, 0.4) is 0 Å². The van der Waals surface area contributed by atoms with Crippen molar-refractivity contribution in [2.75, 3.05) is 12.4 Å². The largest absolute Gasteiger partial charge is 0.465 e. The lowest BCUT2D eigenvalue weighted by molar-refractivity contribution is -0.116. The molecule has 0 bridgehead atoms. The average molecular weight is 265 g/mol. The Kier molecular flexibility index (Phi) is 4.15. The van der Waals surface area contributed by atoms with Gasteiger partial charge in [0.1, 0.15) is 4.88 Å². The van der Waals surface area contributed by atoms with Crippen LogP contribution in [0.4, 0.5) is 5.00 Å². The van der Waals surface area contributed by atoms with Crippen molar-refractivity contribution in [3.63, 3.8) is 0 Å². The molecule has 0 radical (unpaired) electrons. The number of allylic oxidation sites excluding steroid dienone is 2. The Labute approximate surface area is 110 Å². The highest BCUT2D eigenvalue weighted by atomic mass is 32.1. The highest BCUT2D eigenvalue weighted by molar-refractivity contribution is 7.18. The van der Waals surface area contributed by atoms with E-state index in [1.807, 2.05) is 0 Å². The molecule has 0 aliphatic heterocycles. The van der Waals surface area contributed by atoms with Gasteiger partial charge in [0.25, 0.3) is 0 Å². The van der Waals surface area contributed by atoms with E-state index >= 15 is 0 Å². The minimum Gasteiger partial charge on any atom is -0.465 e. The van der Waals surface area contributed by atoms with E-state index in [1.54, 1.807) is 12.1 Å². The van der Waals surface area contributed by atoms with Gasteiger partial charge >= 0.3 is 5.97 Å². The second kappa shape index (κ2) is 5.82. The molecule has 2 rings (SSSR count). The number of carbonyl (C=O) groups is 2. The van der Waals surface area contributed by atoms with Crippen LogP contribution in [-0.2, 0) is 9.53 Å². The van der Waals surface area contributed by atoms with Crippen LogP contribution in [0.2, 0.25) is 0 Å². The normalized spacial score (nSPS) is 17.7. The van der Waals surface area contributed by atoms with Crippen molar-refractivity contribution in [3.05, 3.63) is 29.2 Å². The molecule has 0 spiro atoms. The molecule has 0 saturated carbocycles. The van der Waals surface area contributed by atoms with Crippen molar-refractivity contribution in [2.45, 2.75) is 19.3 Å². The maximum Gasteiger partial charge on any atom is 0.348 e. The molecule has 1 aliphatic carbocycles. The molecule has 5 heteroatoms. The van der Waals surface area contributed by atoms with Crippen LogP contribution in [0, 0.1) is 5.92 Å². The van der Waals surface area contributed by atoms with Gasteiger partial charge in [-0.2, -0.15) is 0 Å². The third kappa shape index (κ3) is 3.20. The molecule has 1 N–H and O–H groups in total. The van der Waals surface area contributed by atoms with E-state index in [4.69, 9.17) is 0 Å². The maximum absolute atomic E-state index is 11.8. The van der Waals surface area contributed by atoms with Crippen molar-refractivity contribution in [3.8, 4) is 0 Å². The summed E-state index contributed by atoms with van der Waals surface area (Å²) in [7, 11) is 1.34. The first kappa shape index (κ1) is 12.8. The van der Waals surface area contributed by atoms with Crippen LogP contribution >= 0.6 is 11.3 Å². The first-order valence-electron chi connectivity index (χ1n) is 5.83. The van der Waals surface area contributed by atoms with Crippen LogP contribution in [0.25, 0.3) is 0 Å². The summed E-state index contributed by atoms with van der Waals surface area (Å²) in [6.07, 6.45) is 6.81. The predicted molar refractivity (Wildman–Crippen MR) is 70.8 cm³/mol. The molecule has 4 nitrogen and oxygen atoms in total. The van der Waals surface area contributed by atoms with E-state index in [1.165, 1.54) is 18.4 Å². The SMILES string of the molecule is COC(=O)c1ccc(NC(=O)C[C@@H]2C=CCC2)s1. The molecule has 1 aromatic heterocycles. The zero-order valence-corrected chi connectivity index (χ0v) is 11.0. The number of amides is 1. The van der Waals surface area contributed by atoms with Gasteiger partial charge in [-0.3, -0.25) is 4.79 Å². The van der Waals surface area contributed by atoms with Crippen molar-refractivity contribution in [1.29, 1.82) is 0 Å². The maximum atomic E-state index is 11.8. The number of ether oxygens (including phenoxy) is 1. The zero-order chi connectivity index (χ0) is 13.0. The second-order valence-corrected chi connectivity index (χ2v) is 5.26. The van der Waals surface area contributed by atoms with Crippen molar-refractivity contribution in [2.24, 2.45) is 5.92 Å². The van der Waals surface area contributed by atoms with E-state index in [0.717, 1.165) is 12.8 Å². The minimum atomic E-state index is -0.376. The fraction of sp³-hybridized carbons (Fsp3) is 0.385. The molecule has 1 atom stereocenters. The lowest BCUT2D eigenvalue weighted by Crippen LogP contribution is -2.13. The van der Waals surface area contributed by atoms with Gasteiger partial charge in [-0.15, -0.1) is 11.3 Å². The highest BCUT2D eigenvalue weighted by Gasteiger charge is 2.15. The zero-order valence-electron chi connectivity index (χ0n) is 10.1. The summed E-state index contributed by atoms with van der Waals surface area (Å²) in [5.74, 6) is -0.0333. The molecular formula is C13H15NO3S. The first-order chi connectivity index (χ1) is 8.69. The number of carbonyl (C=O) groups excluding carboxylic acids is 2. The Morgan fingerprint density at radius 2 is 2.33 bits per heavy atom. The number of hydrogen-bond donors (Lipinski definition) is 1. The van der Waals surface area contributed by atoms with Crippen LogP contribution in [-0.4, -0.2) is 19.0 Å². The smallest absolute Gasteiger partial charge is 0.348 e. The Morgan fingerprint density at radius 3 is 3.00 bits per heavy atom. The monoisotopic (exact) mass is 265 g/mol. The number of rotatable bonds is 4. The number of hydrogen-bond acceptors (Lipinski definition) is 4. The number of esters is 1. The summed E-state index contributed by atoms with van der Waals surface area (Å²) >= 11 is 1.23. The minimum absolute atomic E-state index is 0.00943. The molecule has 0 fully saturated rings. The summed E-state index contributed by atoms with van der Waals surface area (Å²) in [6, 6.07) is 3.38. The Bertz CT molecular complexity index is 478. The molecule has 0 unspecified atom stereocenters. The van der Waals surface area contributed by atoms with Crippen LogP contribution < -0.4 is 5.32 Å².